The summed E-state index contributed by atoms with van der Waals surface area (Å²) in [5.41, 5.74) is 5.13. The highest BCUT2D eigenvalue weighted by molar-refractivity contribution is 5.89. The number of halogens is 4. The molecule has 0 spiro atoms. The Morgan fingerprint density at radius 3 is 2.55 bits per heavy atom. The van der Waals surface area contributed by atoms with E-state index in [0.29, 0.717) is 0 Å². The van der Waals surface area contributed by atoms with E-state index in [-0.39, 0.29) is 30.9 Å². The minimum atomic E-state index is -4.38. The first-order valence-electron chi connectivity index (χ1n) is 5.66. The van der Waals surface area contributed by atoms with Crippen LogP contribution in [0, 0.1) is 5.82 Å². The van der Waals surface area contributed by atoms with Gasteiger partial charge < -0.3 is 15.2 Å². The zero-order chi connectivity index (χ0) is 15.2. The molecule has 0 unspecified atom stereocenters. The summed E-state index contributed by atoms with van der Waals surface area (Å²) in [6.07, 6.45) is -4.27. The van der Waals surface area contributed by atoms with E-state index in [1.165, 1.54) is 12.1 Å². The van der Waals surface area contributed by atoms with Crippen LogP contribution in [0.25, 0.3) is 0 Å². The number of alkyl halides is 3. The van der Waals surface area contributed by atoms with E-state index in [9.17, 15) is 22.4 Å². The molecule has 0 bridgehead atoms. The van der Waals surface area contributed by atoms with Crippen molar-refractivity contribution in [1.29, 1.82) is 0 Å². The van der Waals surface area contributed by atoms with Crippen LogP contribution in [-0.4, -0.2) is 32.0 Å². The minimum absolute atomic E-state index is 0.0205. The van der Waals surface area contributed by atoms with Crippen molar-refractivity contribution in [3.63, 3.8) is 0 Å². The molecule has 1 aromatic rings. The van der Waals surface area contributed by atoms with Crippen molar-refractivity contribution in [3.8, 4) is 0 Å². The maximum absolute atomic E-state index is 13.1. The Kier molecular flexibility index (Phi) is 5.75. The number of carbonyl (C=O) groups excluding carboxylic acids is 1. The summed E-state index contributed by atoms with van der Waals surface area (Å²) < 4.78 is 57.3. The van der Waals surface area contributed by atoms with Crippen molar-refractivity contribution < 1.29 is 31.8 Å². The third-order valence-corrected chi connectivity index (χ3v) is 2.17. The summed E-state index contributed by atoms with van der Waals surface area (Å²) in [7, 11) is 0. The molecule has 0 fully saturated rings. The molecule has 0 atom stereocenters. The van der Waals surface area contributed by atoms with Gasteiger partial charge in [0.05, 0.1) is 24.5 Å². The van der Waals surface area contributed by atoms with E-state index < -0.39 is 24.6 Å². The van der Waals surface area contributed by atoms with Crippen molar-refractivity contribution in [2.24, 2.45) is 0 Å². The zero-order valence-corrected chi connectivity index (χ0v) is 10.4. The number of esters is 1. The third kappa shape index (κ3) is 5.87. The van der Waals surface area contributed by atoms with Gasteiger partial charge in [0, 0.05) is 6.42 Å². The van der Waals surface area contributed by atoms with Crippen LogP contribution in [0.5, 0.6) is 0 Å². The Labute approximate surface area is 112 Å². The number of nitrogen functional groups attached to an aromatic ring is 1. The highest BCUT2D eigenvalue weighted by Crippen LogP contribution is 2.15. The molecule has 0 aliphatic carbocycles. The average molecular weight is 295 g/mol. The molecule has 0 aromatic heterocycles. The largest absolute Gasteiger partial charge is 0.462 e. The van der Waals surface area contributed by atoms with E-state index in [2.05, 4.69) is 4.74 Å². The van der Waals surface area contributed by atoms with Crippen LogP contribution < -0.4 is 5.73 Å². The van der Waals surface area contributed by atoms with E-state index >= 15 is 0 Å². The lowest BCUT2D eigenvalue weighted by Crippen LogP contribution is -2.18. The second kappa shape index (κ2) is 7.09. The third-order valence-electron chi connectivity index (χ3n) is 2.17. The van der Waals surface area contributed by atoms with Crippen LogP contribution in [0.3, 0.4) is 0 Å². The van der Waals surface area contributed by atoms with Crippen LogP contribution in [0.1, 0.15) is 16.8 Å². The first-order valence-corrected chi connectivity index (χ1v) is 5.66. The van der Waals surface area contributed by atoms with Gasteiger partial charge in [-0.05, 0) is 18.2 Å². The summed E-state index contributed by atoms with van der Waals surface area (Å²) in [6, 6.07) is 3.44. The number of ether oxygens (including phenoxy) is 2. The van der Waals surface area contributed by atoms with Gasteiger partial charge in [-0.1, -0.05) is 0 Å². The average Bonchev–Trinajstić information content (AvgIpc) is 2.35. The summed E-state index contributed by atoms with van der Waals surface area (Å²) in [5.74, 6) is -1.52. The van der Waals surface area contributed by atoms with Gasteiger partial charge in [-0.15, -0.1) is 0 Å². The van der Waals surface area contributed by atoms with Gasteiger partial charge in [0.25, 0.3) is 0 Å². The molecule has 0 aliphatic rings. The molecule has 8 heteroatoms. The minimum Gasteiger partial charge on any atom is -0.462 e. The summed E-state index contributed by atoms with van der Waals surface area (Å²) in [4.78, 5) is 11.4. The maximum Gasteiger partial charge on any atom is 0.411 e. The molecule has 0 saturated carbocycles. The van der Waals surface area contributed by atoms with Crippen LogP contribution in [0.4, 0.5) is 23.2 Å². The molecule has 20 heavy (non-hydrogen) atoms. The Bertz CT molecular complexity index is 463. The van der Waals surface area contributed by atoms with Gasteiger partial charge in [0.1, 0.15) is 12.4 Å². The molecule has 0 saturated heterocycles. The molecule has 0 aliphatic heterocycles. The number of nitrogens with two attached hydrogens (primary N) is 1. The number of rotatable bonds is 6. The van der Waals surface area contributed by atoms with Gasteiger partial charge in [0.2, 0.25) is 0 Å². The molecular weight excluding hydrogens is 282 g/mol. The van der Waals surface area contributed by atoms with Crippen LogP contribution in [0.15, 0.2) is 18.2 Å². The lowest BCUT2D eigenvalue weighted by atomic mass is 10.2. The molecule has 4 nitrogen and oxygen atoms in total. The monoisotopic (exact) mass is 295 g/mol. The second-order valence-corrected chi connectivity index (χ2v) is 3.89. The first-order chi connectivity index (χ1) is 9.29. The number of anilines is 1. The second-order valence-electron chi connectivity index (χ2n) is 3.89. The smallest absolute Gasteiger partial charge is 0.411 e. The molecule has 112 valence electrons. The Balaban J connectivity index is 2.25. The van der Waals surface area contributed by atoms with Gasteiger partial charge in [-0.2, -0.15) is 13.2 Å². The number of hydrogen-bond acceptors (Lipinski definition) is 4. The fourth-order valence-electron chi connectivity index (χ4n) is 1.25. The van der Waals surface area contributed by atoms with Crippen molar-refractivity contribution >= 4 is 11.7 Å². The van der Waals surface area contributed by atoms with E-state index in [0.717, 1.165) is 6.07 Å². The highest BCUT2D eigenvalue weighted by Gasteiger charge is 2.27. The number of carbonyl (C=O) groups is 1. The Hall–Kier alpha value is -1.83. The van der Waals surface area contributed by atoms with Crippen LogP contribution in [-0.2, 0) is 9.47 Å². The summed E-state index contributed by atoms with van der Waals surface area (Å²) in [5, 5.41) is 0. The summed E-state index contributed by atoms with van der Waals surface area (Å²) >= 11 is 0. The van der Waals surface area contributed by atoms with Crippen molar-refractivity contribution in [3.05, 3.63) is 29.6 Å². The fraction of sp³-hybridized carbons (Fsp3) is 0.417. The molecule has 0 heterocycles. The van der Waals surface area contributed by atoms with Gasteiger partial charge in [0.15, 0.2) is 0 Å². The molecule has 0 radical (unpaired) electrons. The van der Waals surface area contributed by atoms with Gasteiger partial charge in [-0.25, -0.2) is 9.18 Å². The van der Waals surface area contributed by atoms with Crippen LogP contribution in [0.2, 0.25) is 0 Å². The van der Waals surface area contributed by atoms with E-state index in [1.54, 1.807) is 0 Å². The van der Waals surface area contributed by atoms with E-state index in [1.807, 2.05) is 0 Å². The predicted molar refractivity (Wildman–Crippen MR) is 62.6 cm³/mol. The normalized spacial score (nSPS) is 11.4. The molecule has 1 aromatic carbocycles. The van der Waals surface area contributed by atoms with Crippen LogP contribution >= 0.6 is 0 Å². The Morgan fingerprint density at radius 2 is 1.95 bits per heavy atom. The zero-order valence-electron chi connectivity index (χ0n) is 10.4. The standard InChI is InChI=1S/C12H13F4NO3/c13-9-6-8(2-3-10(9)17)11(18)20-5-1-4-19-7-12(14,15)16/h2-3,6H,1,4-5,7,17H2. The van der Waals surface area contributed by atoms with Gasteiger partial charge in [-0.3, -0.25) is 0 Å². The first kappa shape index (κ1) is 16.2. The quantitative estimate of drug-likeness (QED) is 0.379. The van der Waals surface area contributed by atoms with E-state index in [4.69, 9.17) is 10.5 Å². The predicted octanol–water partition coefficient (Wildman–Crippen LogP) is 2.53. The van der Waals surface area contributed by atoms with Gasteiger partial charge >= 0.3 is 12.1 Å². The number of hydrogen-bond donors (Lipinski definition) is 1. The SMILES string of the molecule is Nc1ccc(C(=O)OCCCOCC(F)(F)F)cc1F. The molecular formula is C12H13F4NO3. The van der Waals surface area contributed by atoms with Crippen molar-refractivity contribution in [2.45, 2.75) is 12.6 Å². The Morgan fingerprint density at radius 1 is 1.25 bits per heavy atom. The molecule has 0 amide bonds. The van der Waals surface area contributed by atoms with Crippen molar-refractivity contribution in [2.75, 3.05) is 25.6 Å². The highest BCUT2D eigenvalue weighted by atomic mass is 19.4. The lowest BCUT2D eigenvalue weighted by Gasteiger charge is -2.08. The lowest BCUT2D eigenvalue weighted by molar-refractivity contribution is -0.174. The topological polar surface area (TPSA) is 61.6 Å². The maximum atomic E-state index is 13.1. The fourth-order valence-corrected chi connectivity index (χ4v) is 1.25. The molecule has 2 N–H and O–H groups in total. The summed E-state index contributed by atoms with van der Waals surface area (Å²) in [6.45, 7) is -1.66. The van der Waals surface area contributed by atoms with Crippen molar-refractivity contribution in [1.82, 2.24) is 0 Å². The molecule has 1 rings (SSSR count). The number of benzene rings is 1.